The van der Waals surface area contributed by atoms with Crippen LogP contribution in [0.1, 0.15) is 49.1 Å². The van der Waals surface area contributed by atoms with E-state index in [9.17, 15) is 0 Å². The minimum absolute atomic E-state index is 0.248. The molecule has 0 spiro atoms. The Balaban J connectivity index is 1.79. The summed E-state index contributed by atoms with van der Waals surface area (Å²) in [4.78, 5) is 6.88. The smallest absolute Gasteiger partial charge is 0.0597 e. The van der Waals surface area contributed by atoms with Crippen molar-refractivity contribution in [2.75, 3.05) is 26.2 Å². The Morgan fingerprint density at radius 2 is 2.19 bits per heavy atom. The summed E-state index contributed by atoms with van der Waals surface area (Å²) in [5, 5.41) is 2.22. The van der Waals surface area contributed by atoms with Crippen molar-refractivity contribution in [3.8, 4) is 0 Å². The molecule has 2 saturated heterocycles. The van der Waals surface area contributed by atoms with Crippen LogP contribution < -0.4 is 5.73 Å². The number of nitrogens with zero attached hydrogens (tertiary/aromatic N) is 2. The maximum absolute atomic E-state index is 6.53. The molecule has 4 heteroatoms. The molecule has 0 bridgehead atoms. The van der Waals surface area contributed by atoms with Gasteiger partial charge in [0.25, 0.3) is 0 Å². The van der Waals surface area contributed by atoms with Gasteiger partial charge in [-0.25, -0.2) is 0 Å². The van der Waals surface area contributed by atoms with E-state index in [0.717, 1.165) is 12.5 Å². The first kappa shape index (κ1) is 15.5. The molecular formula is C17H29N3S. The lowest BCUT2D eigenvalue weighted by atomic mass is 9.95. The highest BCUT2D eigenvalue weighted by molar-refractivity contribution is 7.10. The van der Waals surface area contributed by atoms with Crippen LogP contribution in [0.2, 0.25) is 0 Å². The van der Waals surface area contributed by atoms with E-state index in [1.807, 2.05) is 11.3 Å². The quantitative estimate of drug-likeness (QED) is 0.928. The highest BCUT2D eigenvalue weighted by atomic mass is 32.1. The van der Waals surface area contributed by atoms with Crippen LogP contribution in [-0.2, 0) is 0 Å². The molecule has 2 N–H and O–H groups in total. The van der Waals surface area contributed by atoms with Crippen molar-refractivity contribution < 1.29 is 0 Å². The molecule has 3 nitrogen and oxygen atoms in total. The van der Waals surface area contributed by atoms with E-state index in [4.69, 9.17) is 5.73 Å². The monoisotopic (exact) mass is 307 g/mol. The molecular weight excluding hydrogens is 278 g/mol. The van der Waals surface area contributed by atoms with Crippen molar-refractivity contribution in [1.29, 1.82) is 0 Å². The molecule has 0 saturated carbocycles. The predicted molar refractivity (Wildman–Crippen MR) is 90.8 cm³/mol. The second-order valence-corrected chi connectivity index (χ2v) is 7.61. The highest BCUT2D eigenvalue weighted by Crippen LogP contribution is 2.34. The van der Waals surface area contributed by atoms with E-state index >= 15 is 0 Å². The van der Waals surface area contributed by atoms with Gasteiger partial charge in [0.05, 0.1) is 6.04 Å². The number of hydrogen-bond donors (Lipinski definition) is 1. The number of nitrogens with two attached hydrogens (primary N) is 1. The van der Waals surface area contributed by atoms with Gasteiger partial charge in [0.1, 0.15) is 0 Å². The number of aryl methyl sites for hydroxylation is 1. The topological polar surface area (TPSA) is 32.5 Å². The summed E-state index contributed by atoms with van der Waals surface area (Å²) in [7, 11) is 0. The summed E-state index contributed by atoms with van der Waals surface area (Å²) < 4.78 is 0. The summed E-state index contributed by atoms with van der Waals surface area (Å²) in [6, 6.07) is 3.67. The Labute approximate surface area is 133 Å². The first-order valence-corrected chi connectivity index (χ1v) is 9.36. The van der Waals surface area contributed by atoms with E-state index in [-0.39, 0.29) is 6.04 Å². The van der Waals surface area contributed by atoms with Crippen molar-refractivity contribution in [2.24, 2.45) is 5.73 Å². The Bertz CT molecular complexity index is 459. The lowest BCUT2D eigenvalue weighted by Gasteiger charge is -2.47. The number of thiophene rings is 1. The Hall–Kier alpha value is -0.420. The summed E-state index contributed by atoms with van der Waals surface area (Å²) in [6.45, 7) is 9.36. The standard InChI is InChI=1S/C17H29N3S/c1-3-15(18)16(17-13(2)7-11-21-17)20-10-9-19-8-5-4-6-14(19)12-20/h7,11,14-16H,3-6,8-10,12,18H2,1-2H3. The summed E-state index contributed by atoms with van der Waals surface area (Å²) in [5.74, 6) is 0. The van der Waals surface area contributed by atoms with Crippen molar-refractivity contribution >= 4 is 11.3 Å². The molecule has 0 aromatic carbocycles. The van der Waals surface area contributed by atoms with E-state index in [2.05, 4.69) is 35.1 Å². The van der Waals surface area contributed by atoms with E-state index in [1.165, 1.54) is 55.9 Å². The first-order chi connectivity index (χ1) is 10.2. The zero-order valence-corrected chi connectivity index (χ0v) is 14.2. The van der Waals surface area contributed by atoms with Crippen molar-refractivity contribution in [1.82, 2.24) is 9.80 Å². The molecule has 3 atom stereocenters. The number of fused-ring (bicyclic) bond motifs is 1. The van der Waals surface area contributed by atoms with Crippen LogP contribution >= 0.6 is 11.3 Å². The van der Waals surface area contributed by atoms with Crippen LogP contribution in [-0.4, -0.2) is 48.1 Å². The predicted octanol–water partition coefficient (Wildman–Crippen LogP) is 3.01. The molecule has 118 valence electrons. The molecule has 2 aliphatic rings. The summed E-state index contributed by atoms with van der Waals surface area (Å²) in [6.07, 6.45) is 5.21. The van der Waals surface area contributed by atoms with E-state index < -0.39 is 0 Å². The minimum Gasteiger partial charge on any atom is -0.326 e. The SMILES string of the molecule is CCC(N)C(c1sccc1C)N1CCN2CCCCC2C1. The van der Waals surface area contributed by atoms with Gasteiger partial charge in [-0.1, -0.05) is 13.3 Å². The maximum atomic E-state index is 6.53. The van der Waals surface area contributed by atoms with Crippen LogP contribution in [0.25, 0.3) is 0 Å². The normalized spacial score (nSPS) is 27.3. The fourth-order valence-electron chi connectivity index (χ4n) is 3.97. The number of piperazine rings is 1. The lowest BCUT2D eigenvalue weighted by molar-refractivity contribution is 0.0210. The van der Waals surface area contributed by atoms with Crippen LogP contribution in [0.5, 0.6) is 0 Å². The molecule has 2 fully saturated rings. The van der Waals surface area contributed by atoms with Crippen LogP contribution in [0.4, 0.5) is 0 Å². The molecule has 1 aromatic rings. The first-order valence-electron chi connectivity index (χ1n) is 8.48. The van der Waals surface area contributed by atoms with Gasteiger partial charge in [-0.05, 0) is 49.7 Å². The van der Waals surface area contributed by atoms with Gasteiger partial charge in [-0.15, -0.1) is 11.3 Å². The molecule has 21 heavy (non-hydrogen) atoms. The summed E-state index contributed by atoms with van der Waals surface area (Å²) >= 11 is 1.89. The molecule has 3 heterocycles. The average Bonchev–Trinajstić information content (AvgIpc) is 2.93. The van der Waals surface area contributed by atoms with Crippen molar-refractivity contribution in [3.63, 3.8) is 0 Å². The number of piperidine rings is 1. The van der Waals surface area contributed by atoms with Crippen LogP contribution in [0, 0.1) is 6.92 Å². The fraction of sp³-hybridized carbons (Fsp3) is 0.765. The fourth-order valence-corrected chi connectivity index (χ4v) is 5.11. The van der Waals surface area contributed by atoms with Gasteiger partial charge >= 0.3 is 0 Å². The number of hydrogen-bond acceptors (Lipinski definition) is 4. The molecule has 0 amide bonds. The third-order valence-electron chi connectivity index (χ3n) is 5.31. The summed E-state index contributed by atoms with van der Waals surface area (Å²) in [5.41, 5.74) is 7.94. The zero-order chi connectivity index (χ0) is 14.8. The molecule has 3 unspecified atom stereocenters. The molecule has 2 aliphatic heterocycles. The van der Waals surface area contributed by atoms with E-state index in [0.29, 0.717) is 6.04 Å². The van der Waals surface area contributed by atoms with Crippen LogP contribution in [0.15, 0.2) is 11.4 Å². The van der Waals surface area contributed by atoms with Gasteiger partial charge in [0.15, 0.2) is 0 Å². The highest BCUT2D eigenvalue weighted by Gasteiger charge is 2.35. The Morgan fingerprint density at radius 3 is 2.90 bits per heavy atom. The lowest BCUT2D eigenvalue weighted by Crippen LogP contribution is -2.57. The molecule has 1 aromatic heterocycles. The van der Waals surface area contributed by atoms with Gasteiger partial charge < -0.3 is 5.73 Å². The van der Waals surface area contributed by atoms with Gasteiger partial charge in [-0.2, -0.15) is 0 Å². The van der Waals surface area contributed by atoms with Crippen molar-refractivity contribution in [3.05, 3.63) is 21.9 Å². The molecule has 3 rings (SSSR count). The molecule has 0 radical (unpaired) electrons. The zero-order valence-electron chi connectivity index (χ0n) is 13.4. The Kier molecular flexibility index (Phi) is 4.99. The Morgan fingerprint density at radius 1 is 1.33 bits per heavy atom. The van der Waals surface area contributed by atoms with Crippen LogP contribution in [0.3, 0.4) is 0 Å². The van der Waals surface area contributed by atoms with E-state index in [1.54, 1.807) is 0 Å². The third kappa shape index (κ3) is 3.19. The molecule has 0 aliphatic carbocycles. The van der Waals surface area contributed by atoms with Gasteiger partial charge in [-0.3, -0.25) is 9.80 Å². The second kappa shape index (κ2) is 6.78. The largest absolute Gasteiger partial charge is 0.326 e. The average molecular weight is 308 g/mol. The van der Waals surface area contributed by atoms with Gasteiger partial charge in [0.2, 0.25) is 0 Å². The van der Waals surface area contributed by atoms with Gasteiger partial charge in [0, 0.05) is 36.6 Å². The second-order valence-electron chi connectivity index (χ2n) is 6.67. The third-order valence-corrected chi connectivity index (χ3v) is 6.40. The number of rotatable bonds is 4. The minimum atomic E-state index is 0.248. The maximum Gasteiger partial charge on any atom is 0.0597 e. The van der Waals surface area contributed by atoms with Crippen molar-refractivity contribution in [2.45, 2.75) is 57.7 Å².